The Kier molecular flexibility index (Phi) is 4.27. The zero-order valence-corrected chi connectivity index (χ0v) is 11.6. The highest BCUT2D eigenvalue weighted by atomic mass is 35.5. The number of hydrogen-bond donors (Lipinski definition) is 1. The molecule has 1 aliphatic carbocycles. The van der Waals surface area contributed by atoms with Crippen molar-refractivity contribution in [2.45, 2.75) is 44.9 Å². The Morgan fingerprint density at radius 1 is 1.55 bits per heavy atom. The van der Waals surface area contributed by atoms with Crippen LogP contribution in [0.4, 0.5) is 18.9 Å². The van der Waals surface area contributed by atoms with Gasteiger partial charge in [0.1, 0.15) is 11.6 Å². The van der Waals surface area contributed by atoms with E-state index in [9.17, 15) is 18.0 Å². The number of anilines is 1. The van der Waals surface area contributed by atoms with Crippen LogP contribution in [0.5, 0.6) is 0 Å². The first-order valence-electron chi connectivity index (χ1n) is 6.40. The molecule has 20 heavy (non-hydrogen) atoms. The van der Waals surface area contributed by atoms with Crippen LogP contribution in [0.25, 0.3) is 0 Å². The minimum atomic E-state index is -4.50. The van der Waals surface area contributed by atoms with E-state index in [1.165, 1.54) is 6.20 Å². The first-order valence-corrected chi connectivity index (χ1v) is 6.78. The summed E-state index contributed by atoms with van der Waals surface area (Å²) in [5.41, 5.74) is -0.625. The Bertz CT molecular complexity index is 544. The standard InChI is InChI=1S/C12H15ClF3N3O/c1-2-3-7-4-8(7)18-9-5-17-19(6-12(14,15)16)11(20)10(9)13/h5,7-8,18H,2-4,6H2,1H3. The van der Waals surface area contributed by atoms with E-state index in [1.54, 1.807) is 0 Å². The molecule has 1 aromatic heterocycles. The van der Waals surface area contributed by atoms with Crippen molar-refractivity contribution in [2.75, 3.05) is 5.32 Å². The zero-order valence-electron chi connectivity index (χ0n) is 10.9. The summed E-state index contributed by atoms with van der Waals surface area (Å²) < 4.78 is 37.1. The lowest BCUT2D eigenvalue weighted by Gasteiger charge is -2.11. The Morgan fingerprint density at radius 2 is 2.25 bits per heavy atom. The number of aromatic nitrogens is 2. The Labute approximate surface area is 118 Å². The highest BCUT2D eigenvalue weighted by Crippen LogP contribution is 2.37. The highest BCUT2D eigenvalue weighted by Gasteiger charge is 2.36. The average Bonchev–Trinajstić information content (AvgIpc) is 3.06. The lowest BCUT2D eigenvalue weighted by molar-refractivity contribution is -0.143. The molecule has 1 N–H and O–H groups in total. The van der Waals surface area contributed by atoms with Crippen LogP contribution in [0.15, 0.2) is 11.0 Å². The number of hydrogen-bond acceptors (Lipinski definition) is 3. The summed E-state index contributed by atoms with van der Waals surface area (Å²) in [4.78, 5) is 11.7. The quantitative estimate of drug-likeness (QED) is 0.909. The second kappa shape index (κ2) is 5.63. The van der Waals surface area contributed by atoms with Gasteiger partial charge in [0, 0.05) is 6.04 Å². The zero-order chi connectivity index (χ0) is 14.9. The van der Waals surface area contributed by atoms with Gasteiger partial charge in [0.2, 0.25) is 0 Å². The molecule has 112 valence electrons. The van der Waals surface area contributed by atoms with Crippen molar-refractivity contribution < 1.29 is 13.2 Å². The van der Waals surface area contributed by atoms with E-state index >= 15 is 0 Å². The van der Waals surface area contributed by atoms with Crippen LogP contribution in [-0.2, 0) is 6.54 Å². The topological polar surface area (TPSA) is 46.9 Å². The molecule has 0 aliphatic heterocycles. The van der Waals surface area contributed by atoms with E-state index in [4.69, 9.17) is 11.6 Å². The van der Waals surface area contributed by atoms with Crippen molar-refractivity contribution in [3.63, 3.8) is 0 Å². The maximum atomic E-state index is 12.3. The van der Waals surface area contributed by atoms with Gasteiger partial charge in [0.05, 0.1) is 11.9 Å². The predicted octanol–water partition coefficient (Wildman–Crippen LogP) is 3.06. The van der Waals surface area contributed by atoms with Crippen molar-refractivity contribution in [1.82, 2.24) is 9.78 Å². The number of alkyl halides is 3. The molecule has 1 aliphatic rings. The Hall–Kier alpha value is -1.24. The second-order valence-corrected chi connectivity index (χ2v) is 5.36. The molecule has 0 amide bonds. The molecule has 1 heterocycles. The summed E-state index contributed by atoms with van der Waals surface area (Å²) in [5, 5.41) is 6.33. The van der Waals surface area contributed by atoms with Crippen LogP contribution in [0.1, 0.15) is 26.2 Å². The molecule has 0 radical (unpaired) electrons. The van der Waals surface area contributed by atoms with Crippen molar-refractivity contribution in [3.05, 3.63) is 21.6 Å². The summed E-state index contributed by atoms with van der Waals surface area (Å²) in [6.07, 6.45) is -0.194. The molecule has 4 nitrogen and oxygen atoms in total. The van der Waals surface area contributed by atoms with E-state index in [2.05, 4.69) is 17.3 Å². The van der Waals surface area contributed by atoms with Crippen LogP contribution in [0.2, 0.25) is 5.02 Å². The molecular weight excluding hydrogens is 295 g/mol. The fraction of sp³-hybridized carbons (Fsp3) is 0.667. The minimum Gasteiger partial charge on any atom is -0.379 e. The van der Waals surface area contributed by atoms with E-state index in [0.717, 1.165) is 19.3 Å². The smallest absolute Gasteiger partial charge is 0.379 e. The normalized spacial score (nSPS) is 21.9. The molecule has 2 unspecified atom stereocenters. The van der Waals surface area contributed by atoms with Gasteiger partial charge in [-0.25, -0.2) is 4.68 Å². The Morgan fingerprint density at radius 3 is 2.85 bits per heavy atom. The molecule has 0 bridgehead atoms. The number of nitrogens with zero attached hydrogens (tertiary/aromatic N) is 2. The summed E-state index contributed by atoms with van der Waals surface area (Å²) >= 11 is 5.82. The largest absolute Gasteiger partial charge is 0.408 e. The van der Waals surface area contributed by atoms with Crippen molar-refractivity contribution >= 4 is 17.3 Å². The highest BCUT2D eigenvalue weighted by molar-refractivity contribution is 6.32. The summed E-state index contributed by atoms with van der Waals surface area (Å²) in [6.45, 7) is 0.649. The molecule has 0 saturated heterocycles. The van der Waals surface area contributed by atoms with E-state index in [0.29, 0.717) is 16.3 Å². The third kappa shape index (κ3) is 3.65. The SMILES string of the molecule is CCCC1CC1Nc1cnn(CC(F)(F)F)c(=O)c1Cl. The molecule has 1 aromatic rings. The minimum absolute atomic E-state index is 0.229. The Balaban J connectivity index is 2.10. The molecule has 1 fully saturated rings. The molecular formula is C12H15ClF3N3O. The molecule has 1 saturated carbocycles. The van der Waals surface area contributed by atoms with E-state index in [1.807, 2.05) is 0 Å². The summed E-state index contributed by atoms with van der Waals surface area (Å²) in [6, 6.07) is 0.229. The molecule has 0 aromatic carbocycles. The third-order valence-corrected chi connectivity index (χ3v) is 3.60. The van der Waals surface area contributed by atoms with Crippen molar-refractivity contribution in [2.24, 2.45) is 5.92 Å². The van der Waals surface area contributed by atoms with Gasteiger partial charge in [0.15, 0.2) is 0 Å². The number of nitrogens with one attached hydrogen (secondary N) is 1. The molecule has 2 rings (SSSR count). The van der Waals surface area contributed by atoms with Crippen LogP contribution in [0.3, 0.4) is 0 Å². The first-order chi connectivity index (χ1) is 9.31. The monoisotopic (exact) mass is 309 g/mol. The third-order valence-electron chi connectivity index (χ3n) is 3.24. The molecule has 8 heteroatoms. The molecule has 2 atom stereocenters. The number of halogens is 4. The van der Waals surface area contributed by atoms with Gasteiger partial charge in [-0.05, 0) is 18.8 Å². The van der Waals surface area contributed by atoms with Gasteiger partial charge in [-0.2, -0.15) is 18.3 Å². The van der Waals surface area contributed by atoms with Crippen molar-refractivity contribution in [1.29, 1.82) is 0 Å². The summed E-state index contributed by atoms with van der Waals surface area (Å²) in [7, 11) is 0. The fourth-order valence-electron chi connectivity index (χ4n) is 2.16. The van der Waals surface area contributed by atoms with Crippen molar-refractivity contribution in [3.8, 4) is 0 Å². The van der Waals surface area contributed by atoms with Gasteiger partial charge in [-0.3, -0.25) is 4.79 Å². The first kappa shape index (κ1) is 15.2. The van der Waals surface area contributed by atoms with E-state index in [-0.39, 0.29) is 11.1 Å². The van der Waals surface area contributed by atoms with Gasteiger partial charge in [-0.15, -0.1) is 0 Å². The predicted molar refractivity (Wildman–Crippen MR) is 70.0 cm³/mol. The lowest BCUT2D eigenvalue weighted by atomic mass is 10.2. The fourth-order valence-corrected chi connectivity index (χ4v) is 2.36. The van der Waals surface area contributed by atoms with Crippen LogP contribution >= 0.6 is 11.6 Å². The maximum absolute atomic E-state index is 12.3. The second-order valence-electron chi connectivity index (χ2n) is 4.99. The van der Waals surface area contributed by atoms with Gasteiger partial charge in [-0.1, -0.05) is 24.9 Å². The summed E-state index contributed by atoms with van der Waals surface area (Å²) in [5.74, 6) is 0.536. The van der Waals surface area contributed by atoms with Gasteiger partial charge in [0.25, 0.3) is 5.56 Å². The number of rotatable bonds is 5. The molecule has 0 spiro atoms. The lowest BCUT2D eigenvalue weighted by Crippen LogP contribution is -2.31. The van der Waals surface area contributed by atoms with Crippen LogP contribution in [-0.4, -0.2) is 22.0 Å². The van der Waals surface area contributed by atoms with E-state index < -0.39 is 18.3 Å². The van der Waals surface area contributed by atoms with Gasteiger partial charge < -0.3 is 5.32 Å². The average molecular weight is 310 g/mol. The van der Waals surface area contributed by atoms with Crippen LogP contribution < -0.4 is 10.9 Å². The maximum Gasteiger partial charge on any atom is 0.408 e. The van der Waals surface area contributed by atoms with Crippen LogP contribution in [0, 0.1) is 5.92 Å². The van der Waals surface area contributed by atoms with Gasteiger partial charge >= 0.3 is 6.18 Å².